The molecule has 0 aromatic rings. The molecule has 1 aliphatic carbocycles. The van der Waals surface area contributed by atoms with Crippen molar-refractivity contribution in [1.29, 1.82) is 0 Å². The highest BCUT2D eigenvalue weighted by Gasteiger charge is 2.43. The number of halogens is 2. The molecule has 4 heteroatoms. The van der Waals surface area contributed by atoms with E-state index in [4.69, 9.17) is 0 Å². The smallest absolute Gasteiger partial charge is 0.250 e. The second kappa shape index (κ2) is 4.47. The minimum absolute atomic E-state index is 0.0321. The van der Waals surface area contributed by atoms with Gasteiger partial charge in [0.05, 0.1) is 6.10 Å². The van der Waals surface area contributed by atoms with E-state index in [9.17, 15) is 13.9 Å². The lowest BCUT2D eigenvalue weighted by Crippen LogP contribution is -2.53. The van der Waals surface area contributed by atoms with Crippen LogP contribution in [0.4, 0.5) is 8.78 Å². The van der Waals surface area contributed by atoms with E-state index in [0.717, 1.165) is 19.3 Å². The van der Waals surface area contributed by atoms with Gasteiger partial charge in [-0.15, -0.1) is 0 Å². The first-order valence-electron chi connectivity index (χ1n) is 6.60. The molecule has 2 atom stereocenters. The first-order valence-corrected chi connectivity index (χ1v) is 6.60. The SMILES string of the molecule is CC1(C)CCC(O)CC1N1CCC(F)(F)CC1. The molecule has 2 fully saturated rings. The maximum Gasteiger partial charge on any atom is 0.250 e. The van der Waals surface area contributed by atoms with Crippen molar-refractivity contribution in [1.82, 2.24) is 4.90 Å². The number of piperidine rings is 1. The molecule has 17 heavy (non-hydrogen) atoms. The molecule has 2 nitrogen and oxygen atoms in total. The van der Waals surface area contributed by atoms with Crippen molar-refractivity contribution in [2.24, 2.45) is 5.41 Å². The third kappa shape index (κ3) is 2.97. The Labute approximate surface area is 102 Å². The Hall–Kier alpha value is -0.220. The van der Waals surface area contributed by atoms with E-state index >= 15 is 0 Å². The molecule has 100 valence electrons. The molecule has 0 aromatic heterocycles. The molecule has 0 radical (unpaired) electrons. The van der Waals surface area contributed by atoms with Gasteiger partial charge in [0.2, 0.25) is 0 Å². The van der Waals surface area contributed by atoms with Gasteiger partial charge in [0, 0.05) is 32.0 Å². The Balaban J connectivity index is 2.01. The zero-order chi connectivity index (χ0) is 12.7. The second-order valence-corrected chi connectivity index (χ2v) is 6.32. The lowest BCUT2D eigenvalue weighted by molar-refractivity contribution is -0.0889. The van der Waals surface area contributed by atoms with Crippen LogP contribution >= 0.6 is 0 Å². The first kappa shape index (κ1) is 13.2. The molecular weight excluding hydrogens is 224 g/mol. The summed E-state index contributed by atoms with van der Waals surface area (Å²) >= 11 is 0. The maximum absolute atomic E-state index is 13.1. The topological polar surface area (TPSA) is 23.5 Å². The summed E-state index contributed by atoms with van der Waals surface area (Å²) in [6.45, 7) is 5.31. The predicted molar refractivity (Wildman–Crippen MR) is 63.2 cm³/mol. The fraction of sp³-hybridized carbons (Fsp3) is 1.00. The van der Waals surface area contributed by atoms with Crippen LogP contribution in [0, 0.1) is 5.41 Å². The molecule has 1 N–H and O–H groups in total. The van der Waals surface area contributed by atoms with Crippen molar-refractivity contribution in [3.8, 4) is 0 Å². The van der Waals surface area contributed by atoms with E-state index in [1.54, 1.807) is 0 Å². The molecule has 0 bridgehead atoms. The first-order chi connectivity index (χ1) is 7.80. The van der Waals surface area contributed by atoms with Gasteiger partial charge in [-0.25, -0.2) is 8.78 Å². The molecule has 0 amide bonds. The van der Waals surface area contributed by atoms with E-state index in [2.05, 4.69) is 18.7 Å². The van der Waals surface area contributed by atoms with E-state index in [-0.39, 0.29) is 30.4 Å². The molecule has 2 unspecified atom stereocenters. The quantitative estimate of drug-likeness (QED) is 0.770. The average molecular weight is 247 g/mol. The lowest BCUT2D eigenvalue weighted by Gasteiger charge is -2.48. The van der Waals surface area contributed by atoms with Gasteiger partial charge in [-0.1, -0.05) is 13.8 Å². The summed E-state index contributed by atoms with van der Waals surface area (Å²) in [5.41, 5.74) is 0.131. The van der Waals surface area contributed by atoms with E-state index in [1.807, 2.05) is 0 Å². The number of aliphatic hydroxyl groups excluding tert-OH is 1. The zero-order valence-electron chi connectivity index (χ0n) is 10.8. The Morgan fingerprint density at radius 3 is 2.29 bits per heavy atom. The molecule has 1 saturated carbocycles. The Morgan fingerprint density at radius 1 is 1.12 bits per heavy atom. The minimum Gasteiger partial charge on any atom is -0.393 e. The predicted octanol–water partition coefficient (Wildman–Crippen LogP) is 2.66. The number of aliphatic hydroxyl groups is 1. The van der Waals surface area contributed by atoms with Crippen LogP contribution in [0.15, 0.2) is 0 Å². The largest absolute Gasteiger partial charge is 0.393 e. The number of hydrogen-bond acceptors (Lipinski definition) is 2. The van der Waals surface area contributed by atoms with Crippen LogP contribution in [0.5, 0.6) is 0 Å². The number of nitrogens with zero attached hydrogens (tertiary/aromatic N) is 1. The summed E-state index contributed by atoms with van der Waals surface area (Å²) in [5.74, 6) is -2.48. The van der Waals surface area contributed by atoms with Crippen LogP contribution in [0.25, 0.3) is 0 Å². The van der Waals surface area contributed by atoms with E-state index in [0.29, 0.717) is 13.1 Å². The molecule has 1 heterocycles. The number of likely N-dealkylation sites (tertiary alicyclic amines) is 1. The average Bonchev–Trinajstić information content (AvgIpc) is 2.22. The Bertz CT molecular complexity index is 271. The summed E-state index contributed by atoms with van der Waals surface area (Å²) in [4.78, 5) is 2.17. The van der Waals surface area contributed by atoms with Crippen LogP contribution in [-0.2, 0) is 0 Å². The van der Waals surface area contributed by atoms with Gasteiger partial charge in [-0.3, -0.25) is 4.90 Å². The molecule has 2 rings (SSSR count). The molecule has 0 spiro atoms. The summed E-state index contributed by atoms with van der Waals surface area (Å²) in [6, 6.07) is 0.252. The fourth-order valence-electron chi connectivity index (χ4n) is 3.21. The van der Waals surface area contributed by atoms with Gasteiger partial charge < -0.3 is 5.11 Å². The van der Waals surface area contributed by atoms with Crippen LogP contribution in [-0.4, -0.2) is 41.2 Å². The summed E-state index contributed by atoms with van der Waals surface area (Å²) < 4.78 is 26.3. The lowest BCUT2D eigenvalue weighted by atomic mass is 9.71. The van der Waals surface area contributed by atoms with Crippen molar-refractivity contribution in [3.63, 3.8) is 0 Å². The molecule has 1 saturated heterocycles. The van der Waals surface area contributed by atoms with Crippen molar-refractivity contribution >= 4 is 0 Å². The van der Waals surface area contributed by atoms with Crippen molar-refractivity contribution < 1.29 is 13.9 Å². The number of rotatable bonds is 1. The van der Waals surface area contributed by atoms with Gasteiger partial charge in [-0.05, 0) is 24.7 Å². The summed E-state index contributed by atoms with van der Waals surface area (Å²) in [5, 5.41) is 9.77. The Kier molecular flexibility index (Phi) is 3.47. The van der Waals surface area contributed by atoms with Crippen molar-refractivity contribution in [2.75, 3.05) is 13.1 Å². The molecular formula is C13H23F2NO. The number of alkyl halides is 2. The normalized spacial score (nSPS) is 37.9. The van der Waals surface area contributed by atoms with Gasteiger partial charge in [0.25, 0.3) is 5.92 Å². The van der Waals surface area contributed by atoms with Gasteiger partial charge >= 0.3 is 0 Å². The second-order valence-electron chi connectivity index (χ2n) is 6.32. The highest BCUT2D eigenvalue weighted by molar-refractivity contribution is 4.94. The Morgan fingerprint density at radius 2 is 1.71 bits per heavy atom. The van der Waals surface area contributed by atoms with E-state index in [1.165, 1.54) is 0 Å². The van der Waals surface area contributed by atoms with Crippen molar-refractivity contribution in [2.45, 2.75) is 64.0 Å². The molecule has 2 aliphatic rings. The molecule has 1 aliphatic heterocycles. The molecule has 0 aromatic carbocycles. The third-order valence-corrected chi connectivity index (χ3v) is 4.49. The summed E-state index contributed by atoms with van der Waals surface area (Å²) in [6.07, 6.45) is 2.24. The van der Waals surface area contributed by atoms with Crippen LogP contribution in [0.2, 0.25) is 0 Å². The minimum atomic E-state index is -2.48. The van der Waals surface area contributed by atoms with Crippen LogP contribution < -0.4 is 0 Å². The van der Waals surface area contributed by atoms with Crippen molar-refractivity contribution in [3.05, 3.63) is 0 Å². The number of hydrogen-bond donors (Lipinski definition) is 1. The zero-order valence-corrected chi connectivity index (χ0v) is 10.8. The van der Waals surface area contributed by atoms with Crippen LogP contribution in [0.3, 0.4) is 0 Å². The highest BCUT2D eigenvalue weighted by Crippen LogP contribution is 2.41. The standard InChI is InChI=1S/C13H23F2NO/c1-12(2)4-3-10(17)9-11(12)16-7-5-13(14,15)6-8-16/h10-11,17H,3-9H2,1-2H3. The maximum atomic E-state index is 13.1. The van der Waals surface area contributed by atoms with E-state index < -0.39 is 5.92 Å². The summed E-state index contributed by atoms with van der Waals surface area (Å²) in [7, 11) is 0. The highest BCUT2D eigenvalue weighted by atomic mass is 19.3. The van der Waals surface area contributed by atoms with Gasteiger partial charge in [0.1, 0.15) is 0 Å². The van der Waals surface area contributed by atoms with Crippen LogP contribution in [0.1, 0.15) is 46.0 Å². The van der Waals surface area contributed by atoms with Gasteiger partial charge in [-0.2, -0.15) is 0 Å². The fourth-order valence-corrected chi connectivity index (χ4v) is 3.21. The van der Waals surface area contributed by atoms with Gasteiger partial charge in [0.15, 0.2) is 0 Å². The third-order valence-electron chi connectivity index (χ3n) is 4.49. The monoisotopic (exact) mass is 247 g/mol.